The van der Waals surface area contributed by atoms with E-state index >= 15 is 0 Å². The highest BCUT2D eigenvalue weighted by atomic mass is 35.5. The van der Waals surface area contributed by atoms with E-state index in [4.69, 9.17) is 34.8 Å². The first kappa shape index (κ1) is 17.3. The summed E-state index contributed by atoms with van der Waals surface area (Å²) < 4.78 is 0. The Bertz CT molecular complexity index is 962. The van der Waals surface area contributed by atoms with Crippen LogP contribution in [0.25, 0.3) is 11.0 Å². The maximum atomic E-state index is 12.3. The molecule has 2 aromatic heterocycles. The van der Waals surface area contributed by atoms with Crippen LogP contribution >= 0.6 is 34.8 Å². The molecule has 0 aliphatic heterocycles. The second-order valence-electron chi connectivity index (χ2n) is 6.01. The van der Waals surface area contributed by atoms with Crippen molar-refractivity contribution in [2.75, 3.05) is 0 Å². The van der Waals surface area contributed by atoms with Gasteiger partial charge in [-0.25, -0.2) is 4.98 Å². The second kappa shape index (κ2) is 6.75. The van der Waals surface area contributed by atoms with Crippen LogP contribution in [0.4, 0.5) is 0 Å². The molecule has 24 heavy (non-hydrogen) atoms. The highest BCUT2D eigenvalue weighted by Gasteiger charge is 2.16. The summed E-state index contributed by atoms with van der Waals surface area (Å²) in [5.41, 5.74) is 2.06. The molecular weight excluding hydrogens is 371 g/mol. The standard InChI is InChI=1S/C16H15Cl3N4O/c1-7(2)5-11-14-15(23-22-11)16(24)21-12(20-14)6-8-9(17)3-4-10(18)13(8)19/h3-4,7H,5-6H2,1-2H3,(H,22,23)(H,20,21,24). The molecule has 2 heterocycles. The van der Waals surface area contributed by atoms with Gasteiger partial charge in [0, 0.05) is 11.4 Å². The van der Waals surface area contributed by atoms with Crippen LogP contribution in [0, 0.1) is 5.92 Å². The zero-order chi connectivity index (χ0) is 17.4. The molecule has 8 heteroatoms. The Kier molecular flexibility index (Phi) is 4.85. The number of hydrogen-bond acceptors (Lipinski definition) is 3. The SMILES string of the molecule is CC(C)Cc1[nH]nc2c(=O)[nH]c(Cc3c(Cl)ccc(Cl)c3Cl)nc12. The molecule has 5 nitrogen and oxygen atoms in total. The number of fused-ring (bicyclic) bond motifs is 1. The highest BCUT2D eigenvalue weighted by Crippen LogP contribution is 2.32. The topological polar surface area (TPSA) is 74.4 Å². The third-order valence-corrected chi connectivity index (χ3v) is 4.83. The molecule has 0 aliphatic rings. The molecule has 0 saturated carbocycles. The van der Waals surface area contributed by atoms with E-state index < -0.39 is 0 Å². The molecule has 3 aromatic rings. The van der Waals surface area contributed by atoms with E-state index in [2.05, 4.69) is 34.0 Å². The third-order valence-electron chi connectivity index (χ3n) is 3.63. The third kappa shape index (κ3) is 3.29. The van der Waals surface area contributed by atoms with Crippen molar-refractivity contribution in [3.63, 3.8) is 0 Å². The molecule has 0 spiro atoms. The van der Waals surface area contributed by atoms with Gasteiger partial charge in [0.25, 0.3) is 5.56 Å². The zero-order valence-electron chi connectivity index (χ0n) is 13.1. The maximum Gasteiger partial charge on any atom is 0.279 e. The number of aromatic nitrogens is 4. The quantitative estimate of drug-likeness (QED) is 0.654. The molecule has 0 bridgehead atoms. The normalized spacial score (nSPS) is 11.6. The molecule has 0 aliphatic carbocycles. The van der Waals surface area contributed by atoms with Crippen LogP contribution in [-0.2, 0) is 12.8 Å². The van der Waals surface area contributed by atoms with Gasteiger partial charge in [0.1, 0.15) is 11.3 Å². The molecule has 0 saturated heterocycles. The average molecular weight is 386 g/mol. The number of nitrogens with one attached hydrogen (secondary N) is 2. The van der Waals surface area contributed by atoms with Crippen molar-refractivity contribution >= 4 is 45.8 Å². The molecule has 3 rings (SSSR count). The summed E-state index contributed by atoms with van der Waals surface area (Å²) >= 11 is 18.5. The van der Waals surface area contributed by atoms with Gasteiger partial charge in [-0.1, -0.05) is 48.7 Å². The summed E-state index contributed by atoms with van der Waals surface area (Å²) in [7, 11) is 0. The molecule has 0 unspecified atom stereocenters. The monoisotopic (exact) mass is 384 g/mol. The van der Waals surface area contributed by atoms with Crippen molar-refractivity contribution in [2.45, 2.75) is 26.7 Å². The molecule has 0 amide bonds. The van der Waals surface area contributed by atoms with E-state index in [1.54, 1.807) is 12.1 Å². The van der Waals surface area contributed by atoms with Crippen LogP contribution in [0.5, 0.6) is 0 Å². The van der Waals surface area contributed by atoms with Gasteiger partial charge in [-0.15, -0.1) is 0 Å². The lowest BCUT2D eigenvalue weighted by atomic mass is 10.1. The minimum absolute atomic E-state index is 0.274. The smallest absolute Gasteiger partial charge is 0.279 e. The summed E-state index contributed by atoms with van der Waals surface area (Å²) in [6, 6.07) is 3.30. The molecule has 0 atom stereocenters. The first-order valence-electron chi connectivity index (χ1n) is 7.45. The van der Waals surface area contributed by atoms with E-state index in [0.29, 0.717) is 43.4 Å². The molecular formula is C16H15Cl3N4O. The predicted octanol–water partition coefficient (Wildman–Crippen LogP) is 4.40. The van der Waals surface area contributed by atoms with Gasteiger partial charge in [-0.3, -0.25) is 9.89 Å². The fourth-order valence-corrected chi connectivity index (χ4v) is 3.22. The van der Waals surface area contributed by atoms with E-state index in [1.807, 2.05) is 0 Å². The number of benzene rings is 1. The van der Waals surface area contributed by atoms with Crippen molar-refractivity contribution in [3.05, 3.63) is 54.6 Å². The Balaban J connectivity index is 2.08. The lowest BCUT2D eigenvalue weighted by Gasteiger charge is -2.08. The predicted molar refractivity (Wildman–Crippen MR) is 97.3 cm³/mol. The molecule has 2 N–H and O–H groups in total. The van der Waals surface area contributed by atoms with Crippen molar-refractivity contribution in [3.8, 4) is 0 Å². The van der Waals surface area contributed by atoms with Crippen molar-refractivity contribution in [2.24, 2.45) is 5.92 Å². The van der Waals surface area contributed by atoms with Crippen LogP contribution in [0.2, 0.25) is 15.1 Å². The Morgan fingerprint density at radius 3 is 2.54 bits per heavy atom. The number of aromatic amines is 2. The fourth-order valence-electron chi connectivity index (χ4n) is 2.54. The number of nitrogens with zero attached hydrogens (tertiary/aromatic N) is 2. The number of rotatable bonds is 4. The van der Waals surface area contributed by atoms with Gasteiger partial charge in [0.2, 0.25) is 0 Å². The minimum atomic E-state index is -0.296. The van der Waals surface area contributed by atoms with Crippen molar-refractivity contribution in [1.29, 1.82) is 0 Å². The summed E-state index contributed by atoms with van der Waals surface area (Å²) in [5.74, 6) is 0.875. The molecule has 126 valence electrons. The first-order valence-corrected chi connectivity index (χ1v) is 8.58. The van der Waals surface area contributed by atoms with Crippen LogP contribution in [0.3, 0.4) is 0 Å². The van der Waals surface area contributed by atoms with Crippen LogP contribution < -0.4 is 5.56 Å². The lowest BCUT2D eigenvalue weighted by molar-refractivity contribution is 0.635. The molecule has 0 fully saturated rings. The minimum Gasteiger partial charge on any atom is -0.308 e. The van der Waals surface area contributed by atoms with Gasteiger partial charge in [-0.2, -0.15) is 5.10 Å². The van der Waals surface area contributed by atoms with Crippen LogP contribution in [0.1, 0.15) is 30.9 Å². The summed E-state index contributed by atoms with van der Waals surface area (Å²) in [4.78, 5) is 19.5. The van der Waals surface area contributed by atoms with Gasteiger partial charge < -0.3 is 4.98 Å². The van der Waals surface area contributed by atoms with E-state index in [1.165, 1.54) is 0 Å². The lowest BCUT2D eigenvalue weighted by Crippen LogP contribution is -2.13. The van der Waals surface area contributed by atoms with Gasteiger partial charge in [0.05, 0.1) is 15.7 Å². The van der Waals surface area contributed by atoms with Gasteiger partial charge >= 0.3 is 0 Å². The Labute approximate surface area is 153 Å². The summed E-state index contributed by atoms with van der Waals surface area (Å²) in [5, 5.41) is 8.21. The molecule has 0 radical (unpaired) electrons. The van der Waals surface area contributed by atoms with Crippen molar-refractivity contribution in [1.82, 2.24) is 20.2 Å². The number of H-pyrrole nitrogens is 2. The maximum absolute atomic E-state index is 12.3. The molecule has 1 aromatic carbocycles. The van der Waals surface area contributed by atoms with Gasteiger partial charge in [-0.05, 0) is 30.0 Å². The van der Waals surface area contributed by atoms with Crippen molar-refractivity contribution < 1.29 is 0 Å². The fraction of sp³-hybridized carbons (Fsp3) is 0.312. The number of halogens is 3. The number of hydrogen-bond donors (Lipinski definition) is 2. The Hall–Kier alpha value is -1.56. The highest BCUT2D eigenvalue weighted by molar-refractivity contribution is 6.44. The zero-order valence-corrected chi connectivity index (χ0v) is 15.4. The van der Waals surface area contributed by atoms with E-state index in [0.717, 1.165) is 12.1 Å². The summed E-state index contributed by atoms with van der Waals surface area (Å²) in [6.07, 6.45) is 1.03. The average Bonchev–Trinajstić information content (AvgIpc) is 2.90. The second-order valence-corrected chi connectivity index (χ2v) is 7.20. The van der Waals surface area contributed by atoms with E-state index in [-0.39, 0.29) is 12.0 Å². The van der Waals surface area contributed by atoms with E-state index in [9.17, 15) is 4.79 Å². The Morgan fingerprint density at radius 2 is 1.83 bits per heavy atom. The van der Waals surface area contributed by atoms with Crippen LogP contribution in [-0.4, -0.2) is 20.2 Å². The van der Waals surface area contributed by atoms with Gasteiger partial charge in [0.15, 0.2) is 5.52 Å². The Morgan fingerprint density at radius 1 is 1.12 bits per heavy atom. The van der Waals surface area contributed by atoms with Crippen LogP contribution in [0.15, 0.2) is 16.9 Å². The summed E-state index contributed by atoms with van der Waals surface area (Å²) in [6.45, 7) is 4.18. The largest absolute Gasteiger partial charge is 0.308 e. The first-order chi connectivity index (χ1) is 11.4.